The van der Waals surface area contributed by atoms with Gasteiger partial charge in [-0.1, -0.05) is 46.3 Å². The molecule has 3 rings (SSSR count). The van der Waals surface area contributed by atoms with Gasteiger partial charge in [-0.3, -0.25) is 4.90 Å². The van der Waals surface area contributed by atoms with Gasteiger partial charge in [0, 0.05) is 24.0 Å². The molecule has 86 valence electrons. The summed E-state index contributed by atoms with van der Waals surface area (Å²) >= 11 is 3.72. The van der Waals surface area contributed by atoms with Crippen molar-refractivity contribution in [2.45, 2.75) is 29.9 Å². The summed E-state index contributed by atoms with van der Waals surface area (Å²) < 4.78 is 0. The molecule has 1 saturated heterocycles. The minimum atomic E-state index is -0.146. The number of nitrogens with zero attached hydrogens (tertiary/aromatic N) is 1. The lowest BCUT2D eigenvalue weighted by Crippen LogP contribution is -2.41. The largest absolute Gasteiger partial charge is 0.391 e. The summed E-state index contributed by atoms with van der Waals surface area (Å²) in [5.74, 6) is 0.628. The SMILES string of the molecule is OC1CC2CN(Cc3ccccc3)C1C2Br. The Morgan fingerprint density at radius 1 is 1.31 bits per heavy atom. The quantitative estimate of drug-likeness (QED) is 0.839. The van der Waals surface area contributed by atoms with E-state index in [4.69, 9.17) is 0 Å². The van der Waals surface area contributed by atoms with Crippen LogP contribution in [-0.2, 0) is 6.54 Å². The zero-order valence-electron chi connectivity index (χ0n) is 9.09. The molecular formula is C13H16BrNO. The first-order valence-corrected chi connectivity index (χ1v) is 6.77. The molecule has 4 unspecified atom stereocenters. The second-order valence-corrected chi connectivity index (χ2v) is 5.97. The Labute approximate surface area is 104 Å². The number of aliphatic hydroxyl groups is 1. The number of alkyl halides is 1. The molecule has 2 bridgehead atoms. The first-order chi connectivity index (χ1) is 7.75. The van der Waals surface area contributed by atoms with Crippen molar-refractivity contribution in [1.82, 2.24) is 4.90 Å². The van der Waals surface area contributed by atoms with Gasteiger partial charge in [-0.15, -0.1) is 0 Å². The van der Waals surface area contributed by atoms with Crippen molar-refractivity contribution >= 4 is 15.9 Å². The maximum absolute atomic E-state index is 9.97. The van der Waals surface area contributed by atoms with Crippen LogP contribution in [0.25, 0.3) is 0 Å². The fraction of sp³-hybridized carbons (Fsp3) is 0.538. The Morgan fingerprint density at radius 2 is 2.06 bits per heavy atom. The third kappa shape index (κ3) is 1.71. The van der Waals surface area contributed by atoms with Crippen molar-refractivity contribution in [3.8, 4) is 0 Å². The minimum Gasteiger partial charge on any atom is -0.391 e. The number of aliphatic hydroxyl groups excluding tert-OH is 1. The Balaban J connectivity index is 1.74. The molecule has 0 amide bonds. The van der Waals surface area contributed by atoms with Crippen LogP contribution in [0.1, 0.15) is 12.0 Å². The molecule has 16 heavy (non-hydrogen) atoms. The zero-order chi connectivity index (χ0) is 11.1. The average Bonchev–Trinajstić information content (AvgIpc) is 2.71. The molecule has 1 aromatic carbocycles. The average molecular weight is 282 g/mol. The topological polar surface area (TPSA) is 23.5 Å². The van der Waals surface area contributed by atoms with Gasteiger partial charge in [0.1, 0.15) is 0 Å². The second-order valence-electron chi connectivity index (χ2n) is 4.91. The van der Waals surface area contributed by atoms with E-state index in [2.05, 4.69) is 45.1 Å². The molecular weight excluding hydrogens is 266 g/mol. The third-order valence-corrected chi connectivity index (χ3v) is 5.12. The fourth-order valence-electron chi connectivity index (χ4n) is 3.10. The smallest absolute Gasteiger partial charge is 0.0710 e. The summed E-state index contributed by atoms with van der Waals surface area (Å²) in [6.07, 6.45) is 0.818. The lowest BCUT2D eigenvalue weighted by atomic mass is 10.1. The van der Waals surface area contributed by atoms with E-state index in [-0.39, 0.29) is 6.10 Å². The standard InChI is InChI=1S/C13H16BrNO/c14-12-10-6-11(16)13(12)15(8-10)7-9-4-2-1-3-5-9/h1-5,10-13,16H,6-8H2. The van der Waals surface area contributed by atoms with E-state index in [0.29, 0.717) is 16.8 Å². The number of halogens is 1. The van der Waals surface area contributed by atoms with Crippen molar-refractivity contribution in [1.29, 1.82) is 0 Å². The van der Waals surface area contributed by atoms with E-state index in [1.807, 2.05) is 6.07 Å². The third-order valence-electron chi connectivity index (χ3n) is 3.83. The highest BCUT2D eigenvalue weighted by Gasteiger charge is 2.50. The highest BCUT2D eigenvalue weighted by atomic mass is 79.9. The summed E-state index contributed by atoms with van der Waals surface area (Å²) in [6, 6.07) is 10.8. The van der Waals surface area contributed by atoms with Crippen LogP contribution in [0.3, 0.4) is 0 Å². The molecule has 0 radical (unpaired) electrons. The highest BCUT2D eigenvalue weighted by Crippen LogP contribution is 2.42. The van der Waals surface area contributed by atoms with Crippen molar-refractivity contribution in [3.05, 3.63) is 35.9 Å². The number of benzene rings is 1. The lowest BCUT2D eigenvalue weighted by Gasteiger charge is -2.30. The van der Waals surface area contributed by atoms with Gasteiger partial charge in [-0.05, 0) is 17.9 Å². The molecule has 4 atom stereocenters. The fourth-order valence-corrected chi connectivity index (χ4v) is 4.17. The first kappa shape index (κ1) is 10.8. The van der Waals surface area contributed by atoms with E-state index in [0.717, 1.165) is 19.5 Å². The predicted molar refractivity (Wildman–Crippen MR) is 67.5 cm³/mol. The summed E-state index contributed by atoms with van der Waals surface area (Å²) in [5, 5.41) is 9.97. The van der Waals surface area contributed by atoms with Crippen LogP contribution < -0.4 is 0 Å². The predicted octanol–water partition coefficient (Wildman–Crippen LogP) is 2.02. The minimum absolute atomic E-state index is 0.146. The molecule has 3 heteroatoms. The molecule has 1 aliphatic heterocycles. The van der Waals surface area contributed by atoms with Gasteiger partial charge in [0.25, 0.3) is 0 Å². The van der Waals surface area contributed by atoms with Gasteiger partial charge in [0.15, 0.2) is 0 Å². The van der Waals surface area contributed by atoms with Gasteiger partial charge in [0.05, 0.1) is 6.10 Å². The van der Waals surface area contributed by atoms with Gasteiger partial charge in [-0.25, -0.2) is 0 Å². The molecule has 0 aromatic heterocycles. The summed E-state index contributed by atoms with van der Waals surface area (Å²) in [7, 11) is 0. The molecule has 1 heterocycles. The number of hydrogen-bond donors (Lipinski definition) is 1. The van der Waals surface area contributed by atoms with Crippen LogP contribution in [0.15, 0.2) is 30.3 Å². The lowest BCUT2D eigenvalue weighted by molar-refractivity contribution is 0.0536. The molecule has 1 aliphatic carbocycles. The Kier molecular flexibility index (Phi) is 2.78. The van der Waals surface area contributed by atoms with Crippen molar-refractivity contribution < 1.29 is 5.11 Å². The molecule has 0 spiro atoms. The van der Waals surface area contributed by atoms with Crippen LogP contribution in [0.5, 0.6) is 0 Å². The van der Waals surface area contributed by atoms with E-state index in [9.17, 15) is 5.11 Å². The van der Waals surface area contributed by atoms with E-state index < -0.39 is 0 Å². The maximum Gasteiger partial charge on any atom is 0.0710 e. The van der Waals surface area contributed by atoms with Crippen LogP contribution in [0.2, 0.25) is 0 Å². The highest BCUT2D eigenvalue weighted by molar-refractivity contribution is 9.09. The zero-order valence-corrected chi connectivity index (χ0v) is 10.7. The number of hydrogen-bond acceptors (Lipinski definition) is 2. The molecule has 1 saturated carbocycles. The van der Waals surface area contributed by atoms with Crippen molar-refractivity contribution in [3.63, 3.8) is 0 Å². The number of likely N-dealkylation sites (tertiary alicyclic amines) is 1. The molecule has 1 aromatic rings. The van der Waals surface area contributed by atoms with Gasteiger partial charge in [0.2, 0.25) is 0 Å². The normalized spacial score (nSPS) is 38.1. The number of fused-ring (bicyclic) bond motifs is 2. The van der Waals surface area contributed by atoms with Crippen molar-refractivity contribution in [2.75, 3.05) is 6.54 Å². The van der Waals surface area contributed by atoms with Gasteiger partial charge in [-0.2, -0.15) is 0 Å². The first-order valence-electron chi connectivity index (χ1n) is 5.86. The molecule has 1 N–H and O–H groups in total. The molecule has 2 nitrogen and oxygen atoms in total. The Hall–Kier alpha value is -0.380. The molecule has 2 fully saturated rings. The Morgan fingerprint density at radius 3 is 2.69 bits per heavy atom. The van der Waals surface area contributed by atoms with Crippen LogP contribution >= 0.6 is 15.9 Å². The monoisotopic (exact) mass is 281 g/mol. The maximum atomic E-state index is 9.97. The van der Waals surface area contributed by atoms with Gasteiger partial charge >= 0.3 is 0 Å². The van der Waals surface area contributed by atoms with Gasteiger partial charge < -0.3 is 5.11 Å². The van der Waals surface area contributed by atoms with Crippen LogP contribution in [0.4, 0.5) is 0 Å². The van der Waals surface area contributed by atoms with Crippen LogP contribution in [-0.4, -0.2) is 33.5 Å². The summed E-state index contributed by atoms with van der Waals surface area (Å²) in [5.41, 5.74) is 1.34. The summed E-state index contributed by atoms with van der Waals surface area (Å²) in [4.78, 5) is 2.89. The van der Waals surface area contributed by atoms with Crippen LogP contribution in [0, 0.1) is 5.92 Å². The Bertz CT molecular complexity index is 369. The second kappa shape index (κ2) is 4.13. The summed E-state index contributed by atoms with van der Waals surface area (Å²) in [6.45, 7) is 2.08. The van der Waals surface area contributed by atoms with E-state index >= 15 is 0 Å². The molecule has 2 aliphatic rings. The number of piperidine rings is 1. The van der Waals surface area contributed by atoms with Crippen molar-refractivity contribution in [2.24, 2.45) is 5.92 Å². The number of rotatable bonds is 2. The van der Waals surface area contributed by atoms with E-state index in [1.165, 1.54) is 5.56 Å². The van der Waals surface area contributed by atoms with E-state index in [1.54, 1.807) is 0 Å².